The van der Waals surface area contributed by atoms with E-state index in [1.807, 2.05) is 0 Å². The maximum atomic E-state index is 2.40. The molecule has 4 nitrogen and oxygen atoms in total. The van der Waals surface area contributed by atoms with Crippen LogP contribution in [0.2, 0.25) is 0 Å². The van der Waals surface area contributed by atoms with E-state index in [0.717, 1.165) is 74.7 Å². The van der Waals surface area contributed by atoms with Gasteiger partial charge < -0.3 is 19.6 Å². The Balaban J connectivity index is 0.900. The number of hydrogen-bond acceptors (Lipinski definition) is 4. The molecule has 0 radical (unpaired) electrons. The molecule has 4 heteroatoms. The van der Waals surface area contributed by atoms with Gasteiger partial charge in [-0.25, -0.2) is 0 Å². The van der Waals surface area contributed by atoms with Crippen LogP contribution in [0, 0.1) is 0 Å². The minimum absolute atomic E-state index is 0.790. The van der Waals surface area contributed by atoms with Crippen LogP contribution in [0.25, 0.3) is 27.1 Å². The fourth-order valence-corrected chi connectivity index (χ4v) is 10.2. The molecule has 0 atom stereocenters. The average molecular weight is 937 g/mol. The third kappa shape index (κ3) is 9.18. The van der Waals surface area contributed by atoms with Gasteiger partial charge in [0, 0.05) is 67.7 Å². The second kappa shape index (κ2) is 20.4. The van der Waals surface area contributed by atoms with E-state index >= 15 is 0 Å². The second-order valence-corrected chi connectivity index (χ2v) is 18.1. The lowest BCUT2D eigenvalue weighted by molar-refractivity contribution is 1.21. The summed E-state index contributed by atoms with van der Waals surface area (Å²) < 4.78 is 0. The first-order chi connectivity index (χ1) is 36.2. The maximum absolute atomic E-state index is 2.40. The normalized spacial score (nSPS) is 12.2. The van der Waals surface area contributed by atoms with Crippen LogP contribution >= 0.6 is 0 Å². The molecular formula is C69H52N4. The van der Waals surface area contributed by atoms with Crippen molar-refractivity contribution < 1.29 is 0 Å². The van der Waals surface area contributed by atoms with Crippen LogP contribution < -0.4 is 19.6 Å². The van der Waals surface area contributed by atoms with E-state index in [4.69, 9.17) is 0 Å². The molecule has 0 saturated carbocycles. The molecule has 0 unspecified atom stereocenters. The van der Waals surface area contributed by atoms with E-state index < -0.39 is 0 Å². The number of nitrogens with zero attached hydrogens (tertiary/aromatic N) is 4. The van der Waals surface area contributed by atoms with Gasteiger partial charge in [0.25, 0.3) is 0 Å². The van der Waals surface area contributed by atoms with Crippen LogP contribution in [0.3, 0.4) is 0 Å². The number of fused-ring (bicyclic) bond motifs is 2. The van der Waals surface area contributed by atoms with E-state index in [1.54, 1.807) is 0 Å². The van der Waals surface area contributed by atoms with E-state index in [0.29, 0.717) is 0 Å². The van der Waals surface area contributed by atoms with Crippen molar-refractivity contribution in [3.8, 4) is 0 Å². The summed E-state index contributed by atoms with van der Waals surface area (Å²) in [6.45, 7) is 0. The number of anilines is 11. The highest BCUT2D eigenvalue weighted by Gasteiger charge is 2.21. The van der Waals surface area contributed by atoms with Gasteiger partial charge in [0.2, 0.25) is 0 Å². The van der Waals surface area contributed by atoms with Gasteiger partial charge in [-0.05, 0) is 162 Å². The molecule has 11 aromatic rings. The largest absolute Gasteiger partial charge is 0.311 e. The predicted molar refractivity (Wildman–Crippen MR) is 310 cm³/mol. The molecule has 1 aliphatic carbocycles. The molecule has 0 spiro atoms. The quantitative estimate of drug-likeness (QED) is 0.114. The molecule has 73 heavy (non-hydrogen) atoms. The zero-order valence-corrected chi connectivity index (χ0v) is 40.4. The zero-order valence-electron chi connectivity index (χ0n) is 40.4. The summed E-state index contributed by atoms with van der Waals surface area (Å²) in [6, 6.07) is 99.8. The first-order valence-corrected chi connectivity index (χ1v) is 25.0. The van der Waals surface area contributed by atoms with Gasteiger partial charge in [-0.3, -0.25) is 0 Å². The van der Waals surface area contributed by atoms with Gasteiger partial charge in [0.1, 0.15) is 0 Å². The van der Waals surface area contributed by atoms with E-state index in [1.165, 1.54) is 32.7 Å². The van der Waals surface area contributed by atoms with Crippen molar-refractivity contribution in [3.63, 3.8) is 0 Å². The Hall–Kier alpha value is -9.64. The minimum Gasteiger partial charge on any atom is -0.311 e. The minimum atomic E-state index is 0.790. The van der Waals surface area contributed by atoms with Crippen LogP contribution in [-0.4, -0.2) is 0 Å². The maximum Gasteiger partial charge on any atom is 0.0540 e. The van der Waals surface area contributed by atoms with Gasteiger partial charge >= 0.3 is 0 Å². The SMILES string of the molecule is C1=CC(N(c2ccc(N(c3ccccc3)c3ccccc3)cc2)c2cccc3ccccc23)=CC=C(c2ccc(N(c3ccc(N(c4ccccc4)c4ccccc4)cc3)c3cccc4ccccc34)cc2)C1. The molecule has 0 heterocycles. The molecule has 11 aromatic carbocycles. The predicted octanol–water partition coefficient (Wildman–Crippen LogP) is 19.5. The standard InChI is InChI=1S/C69H52N4/c1-5-25-56(26-6-1)70(57-27-7-2-8-28-57)61-44-48-64(49-45-61)72(68-36-18-23-54-20-13-15-34-66(54)68)60-33-17-22-52(38-41-60)53-39-42-63(43-40-53)73(69-37-19-24-55-21-14-16-35-67(55)69)65-50-46-62(47-51-65)71(58-29-9-3-10-30-58)59-31-11-4-12-32-59/h1-21,23-51H,22H2. The Kier molecular flexibility index (Phi) is 12.4. The number of benzene rings is 11. The van der Waals surface area contributed by atoms with Crippen molar-refractivity contribution >= 4 is 89.7 Å². The van der Waals surface area contributed by atoms with Crippen molar-refractivity contribution in [3.05, 3.63) is 315 Å². The molecule has 12 rings (SSSR count). The number of hydrogen-bond donors (Lipinski definition) is 0. The molecule has 1 aliphatic rings. The molecule has 0 aliphatic heterocycles. The van der Waals surface area contributed by atoms with Crippen LogP contribution in [-0.2, 0) is 0 Å². The highest BCUT2D eigenvalue weighted by molar-refractivity contribution is 6.00. The van der Waals surface area contributed by atoms with Crippen molar-refractivity contribution in [2.45, 2.75) is 6.42 Å². The smallest absolute Gasteiger partial charge is 0.0540 e. The summed E-state index contributed by atoms with van der Waals surface area (Å²) >= 11 is 0. The van der Waals surface area contributed by atoms with Crippen LogP contribution in [0.4, 0.5) is 62.6 Å². The van der Waals surface area contributed by atoms with Crippen LogP contribution in [0.15, 0.2) is 309 Å². The molecule has 0 fully saturated rings. The van der Waals surface area contributed by atoms with Gasteiger partial charge in [-0.2, -0.15) is 0 Å². The lowest BCUT2D eigenvalue weighted by Crippen LogP contribution is -2.16. The third-order valence-corrected chi connectivity index (χ3v) is 13.6. The number of allylic oxidation sites excluding steroid dienone is 5. The first kappa shape index (κ1) is 44.6. The van der Waals surface area contributed by atoms with Gasteiger partial charge in [-0.15, -0.1) is 0 Å². The summed E-state index contributed by atoms with van der Waals surface area (Å²) in [7, 11) is 0. The van der Waals surface area contributed by atoms with Crippen LogP contribution in [0.1, 0.15) is 12.0 Å². The number of para-hydroxylation sites is 4. The average Bonchev–Trinajstić information content (AvgIpc) is 3.72. The highest BCUT2D eigenvalue weighted by atomic mass is 15.2. The summed E-state index contributed by atoms with van der Waals surface area (Å²) in [4.78, 5) is 9.39. The molecule has 0 saturated heterocycles. The molecule has 0 amide bonds. The molecular weight excluding hydrogens is 885 g/mol. The molecule has 0 bridgehead atoms. The Morgan fingerprint density at radius 2 is 0.575 bits per heavy atom. The third-order valence-electron chi connectivity index (χ3n) is 13.6. The van der Waals surface area contributed by atoms with E-state index in [-0.39, 0.29) is 0 Å². The second-order valence-electron chi connectivity index (χ2n) is 18.1. The zero-order chi connectivity index (χ0) is 48.8. The highest BCUT2D eigenvalue weighted by Crippen LogP contribution is 2.44. The fourth-order valence-electron chi connectivity index (χ4n) is 10.2. The van der Waals surface area contributed by atoms with Gasteiger partial charge in [0.05, 0.1) is 11.4 Å². The fraction of sp³-hybridized carbons (Fsp3) is 0.0145. The van der Waals surface area contributed by atoms with Crippen molar-refractivity contribution in [2.24, 2.45) is 0 Å². The number of rotatable bonds is 13. The van der Waals surface area contributed by atoms with Crippen molar-refractivity contribution in [1.29, 1.82) is 0 Å². The first-order valence-electron chi connectivity index (χ1n) is 25.0. The topological polar surface area (TPSA) is 13.0 Å². The lowest BCUT2D eigenvalue weighted by Gasteiger charge is -2.29. The Labute approximate surface area is 428 Å². The molecule has 0 aromatic heterocycles. The summed E-state index contributed by atoms with van der Waals surface area (Å²) in [5, 5.41) is 4.78. The van der Waals surface area contributed by atoms with Gasteiger partial charge in [-0.1, -0.05) is 170 Å². The van der Waals surface area contributed by atoms with Gasteiger partial charge in [0.15, 0.2) is 0 Å². The Bertz CT molecular complexity index is 3650. The van der Waals surface area contributed by atoms with E-state index in [9.17, 15) is 0 Å². The summed E-state index contributed by atoms with van der Waals surface area (Å²) in [6.07, 6.45) is 9.95. The van der Waals surface area contributed by atoms with E-state index in [2.05, 4.69) is 323 Å². The summed E-state index contributed by atoms with van der Waals surface area (Å²) in [5.74, 6) is 0. The molecule has 348 valence electrons. The van der Waals surface area contributed by atoms with Crippen molar-refractivity contribution in [2.75, 3.05) is 19.6 Å². The Morgan fingerprint density at radius 3 is 1.01 bits per heavy atom. The summed E-state index contributed by atoms with van der Waals surface area (Å²) in [5.41, 5.74) is 15.6. The monoisotopic (exact) mass is 936 g/mol. The van der Waals surface area contributed by atoms with Crippen molar-refractivity contribution in [1.82, 2.24) is 0 Å². The molecule has 0 N–H and O–H groups in total. The van der Waals surface area contributed by atoms with Crippen LogP contribution in [0.5, 0.6) is 0 Å². The lowest BCUT2D eigenvalue weighted by atomic mass is 10.0. The Morgan fingerprint density at radius 1 is 0.247 bits per heavy atom.